The van der Waals surface area contributed by atoms with E-state index in [1.165, 1.54) is 12.1 Å². The van der Waals surface area contributed by atoms with E-state index in [-0.39, 0.29) is 5.69 Å². The average Bonchev–Trinajstić information content (AvgIpc) is 2.28. The van der Waals surface area contributed by atoms with Gasteiger partial charge in [-0.2, -0.15) is 0 Å². The molecule has 0 atom stereocenters. The number of rotatable bonds is 3. The molecule has 2 rings (SSSR count). The summed E-state index contributed by atoms with van der Waals surface area (Å²) < 4.78 is 0. The minimum atomic E-state index is -0.449. The Morgan fingerprint density at radius 1 is 1.28 bits per heavy atom. The smallest absolute Gasteiger partial charge is 0.269 e. The molecule has 0 aliphatic heterocycles. The number of hydrogen-bond donors (Lipinski definition) is 1. The Kier molecular flexibility index (Phi) is 3.38. The summed E-state index contributed by atoms with van der Waals surface area (Å²) in [6.07, 6.45) is 0. The number of non-ortho nitro benzene ring substituents is 1. The molecular formula is C11H9ClN4O2. The van der Waals surface area contributed by atoms with E-state index in [4.69, 9.17) is 11.6 Å². The highest BCUT2D eigenvalue weighted by Crippen LogP contribution is 2.20. The van der Waals surface area contributed by atoms with Crippen LogP contribution in [0.3, 0.4) is 0 Å². The highest BCUT2D eigenvalue weighted by Gasteiger charge is 2.05. The van der Waals surface area contributed by atoms with Gasteiger partial charge < -0.3 is 5.32 Å². The predicted octanol–water partition coefficient (Wildman–Crippen LogP) is 3.09. The first-order valence-corrected chi connectivity index (χ1v) is 5.45. The summed E-state index contributed by atoms with van der Waals surface area (Å²) >= 11 is 5.80. The van der Waals surface area contributed by atoms with E-state index in [1.54, 1.807) is 25.1 Å². The van der Waals surface area contributed by atoms with Crippen LogP contribution in [0.4, 0.5) is 17.2 Å². The zero-order chi connectivity index (χ0) is 13.1. The molecule has 1 aromatic carbocycles. The summed E-state index contributed by atoms with van der Waals surface area (Å²) in [5.74, 6) is 1.09. The molecule has 0 bridgehead atoms. The maximum atomic E-state index is 10.5. The molecule has 0 spiro atoms. The zero-order valence-electron chi connectivity index (χ0n) is 9.42. The normalized spacial score (nSPS) is 10.1. The molecule has 0 saturated heterocycles. The van der Waals surface area contributed by atoms with Gasteiger partial charge in [-0.25, -0.2) is 9.97 Å². The topological polar surface area (TPSA) is 81.0 Å². The van der Waals surface area contributed by atoms with Crippen LogP contribution < -0.4 is 5.32 Å². The number of hydrogen-bond acceptors (Lipinski definition) is 5. The molecular weight excluding hydrogens is 256 g/mol. The van der Waals surface area contributed by atoms with Crippen LogP contribution in [-0.4, -0.2) is 14.9 Å². The van der Waals surface area contributed by atoms with Gasteiger partial charge in [0, 0.05) is 23.9 Å². The molecule has 92 valence electrons. The fourth-order valence-electron chi connectivity index (χ4n) is 1.41. The van der Waals surface area contributed by atoms with Gasteiger partial charge >= 0.3 is 0 Å². The standard InChI is InChI=1S/C11H9ClN4O2/c1-7-13-10(12)6-11(14-7)15-8-2-4-9(5-3-8)16(17)18/h2-6H,1H3,(H,13,14,15). The van der Waals surface area contributed by atoms with Crippen LogP contribution >= 0.6 is 11.6 Å². The largest absolute Gasteiger partial charge is 0.340 e. The lowest BCUT2D eigenvalue weighted by atomic mass is 10.3. The van der Waals surface area contributed by atoms with Crippen molar-refractivity contribution >= 4 is 28.8 Å². The minimum absolute atomic E-state index is 0.0393. The average molecular weight is 265 g/mol. The van der Waals surface area contributed by atoms with Crippen molar-refractivity contribution < 1.29 is 4.92 Å². The molecule has 0 unspecified atom stereocenters. The quantitative estimate of drug-likeness (QED) is 0.523. The number of halogens is 1. The van der Waals surface area contributed by atoms with Gasteiger partial charge in [0.1, 0.15) is 16.8 Å². The van der Waals surface area contributed by atoms with Gasteiger partial charge in [-0.1, -0.05) is 11.6 Å². The van der Waals surface area contributed by atoms with Gasteiger partial charge in [-0.05, 0) is 19.1 Å². The van der Waals surface area contributed by atoms with Crippen LogP contribution in [0.5, 0.6) is 0 Å². The fraction of sp³-hybridized carbons (Fsp3) is 0.0909. The summed E-state index contributed by atoms with van der Waals surface area (Å²) in [5, 5.41) is 13.8. The Morgan fingerprint density at radius 3 is 2.50 bits per heavy atom. The first kappa shape index (κ1) is 12.3. The Hall–Kier alpha value is -2.21. The van der Waals surface area contributed by atoms with Gasteiger partial charge in [0.2, 0.25) is 0 Å². The number of aryl methyl sites for hydroxylation is 1. The summed E-state index contributed by atoms with van der Waals surface area (Å²) in [6, 6.07) is 7.61. The highest BCUT2D eigenvalue weighted by molar-refractivity contribution is 6.29. The number of nitro groups is 1. The summed E-state index contributed by atoms with van der Waals surface area (Å²) in [4.78, 5) is 18.1. The molecule has 1 heterocycles. The van der Waals surface area contributed by atoms with E-state index in [9.17, 15) is 10.1 Å². The molecule has 2 aromatic rings. The van der Waals surface area contributed by atoms with Crippen molar-refractivity contribution in [3.8, 4) is 0 Å². The second kappa shape index (κ2) is 4.97. The summed E-state index contributed by atoms with van der Waals surface area (Å²) in [5.41, 5.74) is 0.729. The van der Waals surface area contributed by atoms with Gasteiger partial charge in [0.15, 0.2) is 0 Å². The molecule has 18 heavy (non-hydrogen) atoms. The molecule has 0 saturated carbocycles. The highest BCUT2D eigenvalue weighted by atomic mass is 35.5. The van der Waals surface area contributed by atoms with E-state index >= 15 is 0 Å². The Labute approximate surface area is 108 Å². The Bertz CT molecular complexity index is 566. The lowest BCUT2D eigenvalue weighted by molar-refractivity contribution is -0.384. The van der Waals surface area contributed by atoms with E-state index in [0.717, 1.165) is 0 Å². The predicted molar refractivity (Wildman–Crippen MR) is 68.2 cm³/mol. The van der Waals surface area contributed by atoms with Gasteiger partial charge in [-0.15, -0.1) is 0 Å². The minimum Gasteiger partial charge on any atom is -0.340 e. The zero-order valence-corrected chi connectivity index (χ0v) is 10.2. The van der Waals surface area contributed by atoms with Gasteiger partial charge in [0.25, 0.3) is 5.69 Å². The molecule has 0 aliphatic carbocycles. The lowest BCUT2D eigenvalue weighted by Gasteiger charge is -2.06. The van der Waals surface area contributed by atoms with Crippen LogP contribution in [0.1, 0.15) is 5.82 Å². The van der Waals surface area contributed by atoms with Gasteiger partial charge in [0.05, 0.1) is 4.92 Å². The number of nitrogens with one attached hydrogen (secondary N) is 1. The molecule has 1 N–H and O–H groups in total. The molecule has 7 heteroatoms. The van der Waals surface area contributed by atoms with Crippen molar-refractivity contribution in [3.05, 3.63) is 51.4 Å². The number of nitrogens with zero attached hydrogens (tertiary/aromatic N) is 3. The molecule has 0 aliphatic rings. The lowest BCUT2D eigenvalue weighted by Crippen LogP contribution is -1.97. The van der Waals surface area contributed by atoms with E-state index in [1.807, 2.05) is 0 Å². The van der Waals surface area contributed by atoms with Crippen LogP contribution in [0.25, 0.3) is 0 Å². The van der Waals surface area contributed by atoms with Crippen LogP contribution in [-0.2, 0) is 0 Å². The van der Waals surface area contributed by atoms with Crippen molar-refractivity contribution in [2.45, 2.75) is 6.92 Å². The third-order valence-electron chi connectivity index (χ3n) is 2.16. The number of anilines is 2. The van der Waals surface area contributed by atoms with Crippen molar-refractivity contribution in [3.63, 3.8) is 0 Å². The first-order chi connectivity index (χ1) is 8.54. The second-order valence-electron chi connectivity index (χ2n) is 3.55. The number of aromatic nitrogens is 2. The number of nitro benzene ring substituents is 1. The van der Waals surface area contributed by atoms with Crippen LogP contribution in [0.2, 0.25) is 5.15 Å². The van der Waals surface area contributed by atoms with Gasteiger partial charge in [-0.3, -0.25) is 10.1 Å². The third-order valence-corrected chi connectivity index (χ3v) is 2.35. The Balaban J connectivity index is 2.20. The maximum Gasteiger partial charge on any atom is 0.269 e. The molecule has 1 aromatic heterocycles. The summed E-state index contributed by atoms with van der Waals surface area (Å²) in [7, 11) is 0. The molecule has 0 fully saturated rings. The second-order valence-corrected chi connectivity index (χ2v) is 3.94. The van der Waals surface area contributed by atoms with E-state index in [0.29, 0.717) is 22.5 Å². The van der Waals surface area contributed by atoms with Crippen molar-refractivity contribution in [2.75, 3.05) is 5.32 Å². The molecule has 6 nitrogen and oxygen atoms in total. The summed E-state index contributed by atoms with van der Waals surface area (Å²) in [6.45, 7) is 1.73. The van der Waals surface area contributed by atoms with Crippen molar-refractivity contribution in [2.24, 2.45) is 0 Å². The third kappa shape index (κ3) is 2.92. The first-order valence-electron chi connectivity index (χ1n) is 5.07. The maximum absolute atomic E-state index is 10.5. The monoisotopic (exact) mass is 264 g/mol. The van der Waals surface area contributed by atoms with E-state index in [2.05, 4.69) is 15.3 Å². The van der Waals surface area contributed by atoms with Crippen LogP contribution in [0.15, 0.2) is 30.3 Å². The van der Waals surface area contributed by atoms with Crippen molar-refractivity contribution in [1.29, 1.82) is 0 Å². The Morgan fingerprint density at radius 2 is 1.94 bits per heavy atom. The molecule has 0 amide bonds. The van der Waals surface area contributed by atoms with Crippen molar-refractivity contribution in [1.82, 2.24) is 9.97 Å². The van der Waals surface area contributed by atoms with E-state index < -0.39 is 4.92 Å². The SMILES string of the molecule is Cc1nc(Cl)cc(Nc2ccc([N+](=O)[O-])cc2)n1. The number of benzene rings is 1. The fourth-order valence-corrected chi connectivity index (χ4v) is 1.64. The molecule has 0 radical (unpaired) electrons. The van der Waals surface area contributed by atoms with Crippen LogP contribution in [0, 0.1) is 17.0 Å².